The van der Waals surface area contributed by atoms with E-state index in [4.69, 9.17) is 10.2 Å². The maximum atomic E-state index is 9.03. The zero-order chi connectivity index (χ0) is 7.28. The fourth-order valence-electron chi connectivity index (χ4n) is 0.450. The second-order valence-corrected chi connectivity index (χ2v) is 2.61. The summed E-state index contributed by atoms with van der Waals surface area (Å²) >= 11 is 7.80. The van der Waals surface area contributed by atoms with Crippen molar-refractivity contribution in [3.8, 4) is 0 Å². The standard InChI is InChI=1S/C5H12O2S2/c6-1-4(2-8)5(7)3-9/h4-9H,1-3H2. The van der Waals surface area contributed by atoms with Crippen LogP contribution in [0.4, 0.5) is 0 Å². The van der Waals surface area contributed by atoms with Crippen LogP contribution in [-0.4, -0.2) is 34.4 Å². The molecule has 0 radical (unpaired) electrons. The van der Waals surface area contributed by atoms with Crippen LogP contribution in [-0.2, 0) is 0 Å². The number of rotatable bonds is 4. The van der Waals surface area contributed by atoms with Crippen molar-refractivity contribution in [3.63, 3.8) is 0 Å². The predicted molar refractivity (Wildman–Crippen MR) is 44.3 cm³/mol. The molecule has 2 atom stereocenters. The van der Waals surface area contributed by atoms with Crippen LogP contribution in [0.3, 0.4) is 0 Å². The lowest BCUT2D eigenvalue weighted by Crippen LogP contribution is -2.26. The summed E-state index contributed by atoms with van der Waals surface area (Å²) in [7, 11) is 0. The third-order valence-corrected chi connectivity index (χ3v) is 2.04. The van der Waals surface area contributed by atoms with E-state index in [9.17, 15) is 0 Å². The molecule has 0 aliphatic rings. The first-order chi connectivity index (χ1) is 4.26. The smallest absolute Gasteiger partial charge is 0.0685 e. The number of aliphatic hydroxyl groups is 2. The SMILES string of the molecule is OCC(CS)C(O)CS. The fourth-order valence-corrected chi connectivity index (χ4v) is 1.11. The Kier molecular flexibility index (Phi) is 5.78. The highest BCUT2D eigenvalue weighted by Crippen LogP contribution is 2.05. The number of hydrogen-bond acceptors (Lipinski definition) is 4. The van der Waals surface area contributed by atoms with Crippen molar-refractivity contribution >= 4 is 25.3 Å². The van der Waals surface area contributed by atoms with Crippen molar-refractivity contribution in [3.05, 3.63) is 0 Å². The Morgan fingerprint density at radius 3 is 1.89 bits per heavy atom. The third kappa shape index (κ3) is 3.35. The summed E-state index contributed by atoms with van der Waals surface area (Å²) in [6, 6.07) is 0. The maximum Gasteiger partial charge on any atom is 0.0685 e. The van der Waals surface area contributed by atoms with E-state index in [-0.39, 0.29) is 12.5 Å². The van der Waals surface area contributed by atoms with Crippen LogP contribution >= 0.6 is 25.3 Å². The van der Waals surface area contributed by atoms with Crippen LogP contribution in [0.1, 0.15) is 0 Å². The predicted octanol–water partition coefficient (Wildman–Crippen LogP) is -0.185. The van der Waals surface area contributed by atoms with Crippen molar-refractivity contribution in [2.45, 2.75) is 6.10 Å². The average molecular weight is 168 g/mol. The van der Waals surface area contributed by atoms with Gasteiger partial charge in [-0.25, -0.2) is 0 Å². The molecule has 0 aromatic heterocycles. The maximum absolute atomic E-state index is 9.03. The molecule has 2 N–H and O–H groups in total. The minimum atomic E-state index is -0.532. The molecular formula is C5H12O2S2. The van der Waals surface area contributed by atoms with Gasteiger partial charge in [0.05, 0.1) is 6.10 Å². The molecule has 0 aromatic rings. The molecule has 0 spiro atoms. The van der Waals surface area contributed by atoms with Gasteiger partial charge in [-0.2, -0.15) is 25.3 Å². The van der Waals surface area contributed by atoms with Crippen molar-refractivity contribution in [2.24, 2.45) is 5.92 Å². The van der Waals surface area contributed by atoms with Crippen molar-refractivity contribution in [2.75, 3.05) is 18.1 Å². The van der Waals surface area contributed by atoms with E-state index < -0.39 is 6.10 Å². The molecule has 0 saturated heterocycles. The normalized spacial score (nSPS) is 17.3. The molecule has 0 aromatic carbocycles. The summed E-state index contributed by atoms with van der Waals surface area (Å²) in [6.45, 7) is -0.0226. The summed E-state index contributed by atoms with van der Waals surface area (Å²) in [4.78, 5) is 0. The van der Waals surface area contributed by atoms with Crippen molar-refractivity contribution < 1.29 is 10.2 Å². The molecule has 0 rings (SSSR count). The Bertz CT molecular complexity index is 66.0. The molecule has 56 valence electrons. The summed E-state index contributed by atoms with van der Waals surface area (Å²) in [5.74, 6) is 0.745. The average Bonchev–Trinajstić information content (AvgIpc) is 1.90. The van der Waals surface area contributed by atoms with E-state index in [1.54, 1.807) is 0 Å². The Morgan fingerprint density at radius 1 is 1.22 bits per heavy atom. The zero-order valence-electron chi connectivity index (χ0n) is 5.06. The van der Waals surface area contributed by atoms with Gasteiger partial charge < -0.3 is 10.2 Å². The number of thiol groups is 2. The summed E-state index contributed by atoms with van der Waals surface area (Å²) in [5.41, 5.74) is 0. The van der Waals surface area contributed by atoms with Gasteiger partial charge in [-0.05, 0) is 5.75 Å². The quantitative estimate of drug-likeness (QED) is 0.440. The van der Waals surface area contributed by atoms with Crippen LogP contribution in [0, 0.1) is 5.92 Å². The number of hydrogen-bond donors (Lipinski definition) is 4. The van der Waals surface area contributed by atoms with E-state index >= 15 is 0 Å². The highest BCUT2D eigenvalue weighted by molar-refractivity contribution is 7.80. The molecule has 0 heterocycles. The highest BCUT2D eigenvalue weighted by Gasteiger charge is 2.14. The van der Waals surface area contributed by atoms with Gasteiger partial charge in [-0.1, -0.05) is 0 Å². The molecule has 0 saturated carbocycles. The van der Waals surface area contributed by atoms with Crippen LogP contribution < -0.4 is 0 Å². The molecule has 2 nitrogen and oxygen atoms in total. The second-order valence-electron chi connectivity index (χ2n) is 1.88. The first-order valence-electron chi connectivity index (χ1n) is 2.76. The van der Waals surface area contributed by atoms with E-state index in [0.29, 0.717) is 11.5 Å². The lowest BCUT2D eigenvalue weighted by molar-refractivity contribution is 0.0977. The first kappa shape index (κ1) is 9.62. The van der Waals surface area contributed by atoms with Crippen molar-refractivity contribution in [1.82, 2.24) is 0 Å². The fraction of sp³-hybridized carbons (Fsp3) is 1.00. The van der Waals surface area contributed by atoms with Gasteiger partial charge in [0, 0.05) is 18.3 Å². The molecule has 9 heavy (non-hydrogen) atoms. The molecule has 0 fully saturated rings. The van der Waals surface area contributed by atoms with Gasteiger partial charge >= 0.3 is 0 Å². The molecular weight excluding hydrogens is 156 g/mol. The summed E-state index contributed by atoms with van der Waals surface area (Å²) < 4.78 is 0. The zero-order valence-corrected chi connectivity index (χ0v) is 6.85. The van der Waals surface area contributed by atoms with E-state index in [1.807, 2.05) is 0 Å². The van der Waals surface area contributed by atoms with E-state index in [0.717, 1.165) is 0 Å². The molecule has 0 aliphatic heterocycles. The van der Waals surface area contributed by atoms with Gasteiger partial charge in [0.1, 0.15) is 0 Å². The van der Waals surface area contributed by atoms with Gasteiger partial charge in [0.15, 0.2) is 0 Å². The first-order valence-corrected chi connectivity index (χ1v) is 4.03. The largest absolute Gasteiger partial charge is 0.396 e. The Balaban J connectivity index is 3.50. The second kappa shape index (κ2) is 5.41. The topological polar surface area (TPSA) is 40.5 Å². The monoisotopic (exact) mass is 168 g/mol. The lowest BCUT2D eigenvalue weighted by atomic mass is 10.1. The minimum Gasteiger partial charge on any atom is -0.396 e. The van der Waals surface area contributed by atoms with Gasteiger partial charge in [0.25, 0.3) is 0 Å². The van der Waals surface area contributed by atoms with Gasteiger partial charge in [-0.15, -0.1) is 0 Å². The van der Waals surface area contributed by atoms with Gasteiger partial charge in [0.2, 0.25) is 0 Å². The van der Waals surface area contributed by atoms with Crippen LogP contribution in [0.5, 0.6) is 0 Å². The molecule has 4 heteroatoms. The Morgan fingerprint density at radius 2 is 1.78 bits per heavy atom. The van der Waals surface area contributed by atoms with E-state index in [2.05, 4.69) is 25.3 Å². The van der Waals surface area contributed by atoms with Crippen LogP contribution in [0.25, 0.3) is 0 Å². The molecule has 0 aliphatic carbocycles. The molecule has 2 unspecified atom stereocenters. The summed E-state index contributed by atoms with van der Waals surface area (Å²) in [6.07, 6.45) is -0.532. The molecule has 0 amide bonds. The third-order valence-electron chi connectivity index (χ3n) is 1.20. The van der Waals surface area contributed by atoms with Crippen LogP contribution in [0.2, 0.25) is 0 Å². The Labute approximate surface area is 66.1 Å². The highest BCUT2D eigenvalue weighted by atomic mass is 32.1. The van der Waals surface area contributed by atoms with Crippen LogP contribution in [0.15, 0.2) is 0 Å². The molecule has 0 bridgehead atoms. The lowest BCUT2D eigenvalue weighted by Gasteiger charge is -2.15. The summed E-state index contributed by atoms with van der Waals surface area (Å²) in [5, 5.41) is 17.6. The van der Waals surface area contributed by atoms with Crippen molar-refractivity contribution in [1.29, 1.82) is 0 Å². The van der Waals surface area contributed by atoms with E-state index in [1.165, 1.54) is 0 Å². The number of aliphatic hydroxyl groups excluding tert-OH is 2. The van der Waals surface area contributed by atoms with Gasteiger partial charge in [-0.3, -0.25) is 0 Å². The Hall–Kier alpha value is 0.620. The minimum absolute atomic E-state index is 0.0226.